The van der Waals surface area contributed by atoms with E-state index < -0.39 is 17.5 Å². The lowest BCUT2D eigenvalue weighted by atomic mass is 9.89. The van der Waals surface area contributed by atoms with Crippen LogP contribution >= 0.6 is 0 Å². The van der Waals surface area contributed by atoms with Gasteiger partial charge in [-0.2, -0.15) is 0 Å². The Morgan fingerprint density at radius 2 is 2.11 bits per heavy atom. The zero-order chi connectivity index (χ0) is 13.1. The Balaban J connectivity index is 2.36. The molecule has 0 bridgehead atoms. The number of aromatic hydroxyl groups is 1. The third-order valence-corrected chi connectivity index (χ3v) is 3.30. The number of ether oxygens (including phenoxy) is 1. The Kier molecular flexibility index (Phi) is 3.81. The molecule has 0 aromatic heterocycles. The molecule has 0 radical (unpaired) electrons. The topological polar surface area (TPSA) is 58.6 Å². The largest absolute Gasteiger partial charge is 0.504 e. The molecule has 98 valence electrons. The van der Waals surface area contributed by atoms with E-state index in [4.69, 9.17) is 0 Å². The van der Waals surface area contributed by atoms with Gasteiger partial charge in [-0.05, 0) is 49.5 Å². The van der Waals surface area contributed by atoms with Crippen molar-refractivity contribution in [1.29, 1.82) is 0 Å². The molecule has 0 amide bonds. The number of esters is 1. The number of nitrogens with one attached hydrogen (secondary N) is 1. The number of hydrogen-bond donors (Lipinski definition) is 2. The van der Waals surface area contributed by atoms with Crippen LogP contribution in [0.15, 0.2) is 12.1 Å². The van der Waals surface area contributed by atoms with Gasteiger partial charge in [-0.25, -0.2) is 9.18 Å². The molecule has 1 aromatic rings. The average molecular weight is 253 g/mol. The maximum atomic E-state index is 13.6. The molecule has 0 spiro atoms. The summed E-state index contributed by atoms with van der Waals surface area (Å²) in [7, 11) is 1.21. The van der Waals surface area contributed by atoms with E-state index in [-0.39, 0.29) is 11.5 Å². The first-order chi connectivity index (χ1) is 8.63. The van der Waals surface area contributed by atoms with Crippen molar-refractivity contribution in [3.8, 4) is 5.75 Å². The fraction of sp³-hybridized carbons (Fsp3) is 0.462. The van der Waals surface area contributed by atoms with Gasteiger partial charge >= 0.3 is 5.97 Å². The molecule has 2 N–H and O–H groups in total. The molecule has 1 aromatic carbocycles. The summed E-state index contributed by atoms with van der Waals surface area (Å²) >= 11 is 0. The summed E-state index contributed by atoms with van der Waals surface area (Å²) in [4.78, 5) is 11.5. The summed E-state index contributed by atoms with van der Waals surface area (Å²) in [6, 6.07) is 2.83. The standard InChI is InChI=1S/C13H16FNO3/c1-18-13(17)10-6-9(7-11(14)12(10)16)8-2-4-15-5-3-8/h6-8,15-16H,2-5H2,1H3. The highest BCUT2D eigenvalue weighted by molar-refractivity contribution is 5.92. The lowest BCUT2D eigenvalue weighted by molar-refractivity contribution is 0.0596. The number of carbonyl (C=O) groups excluding carboxylic acids is 1. The van der Waals surface area contributed by atoms with E-state index in [9.17, 15) is 14.3 Å². The van der Waals surface area contributed by atoms with Gasteiger partial charge in [-0.3, -0.25) is 0 Å². The third kappa shape index (κ3) is 2.46. The van der Waals surface area contributed by atoms with Crippen molar-refractivity contribution >= 4 is 5.97 Å². The highest BCUT2D eigenvalue weighted by Gasteiger charge is 2.22. The summed E-state index contributed by atoms with van der Waals surface area (Å²) in [6.07, 6.45) is 1.79. The second-order valence-corrected chi connectivity index (χ2v) is 4.41. The number of carbonyl (C=O) groups is 1. The first-order valence-electron chi connectivity index (χ1n) is 5.95. The van der Waals surface area contributed by atoms with E-state index in [2.05, 4.69) is 10.1 Å². The fourth-order valence-corrected chi connectivity index (χ4v) is 2.28. The van der Waals surface area contributed by atoms with Crippen molar-refractivity contribution in [2.24, 2.45) is 0 Å². The molecule has 1 aliphatic rings. The molecule has 1 fully saturated rings. The van der Waals surface area contributed by atoms with Gasteiger partial charge < -0.3 is 15.2 Å². The quantitative estimate of drug-likeness (QED) is 0.789. The van der Waals surface area contributed by atoms with Gasteiger partial charge in [0.2, 0.25) is 0 Å². The van der Waals surface area contributed by atoms with E-state index >= 15 is 0 Å². The molecule has 0 atom stereocenters. The maximum absolute atomic E-state index is 13.6. The molecular weight excluding hydrogens is 237 g/mol. The van der Waals surface area contributed by atoms with Crippen LogP contribution in [0.3, 0.4) is 0 Å². The predicted molar refractivity (Wildman–Crippen MR) is 64.2 cm³/mol. The SMILES string of the molecule is COC(=O)c1cc(C2CCNCC2)cc(F)c1O. The number of rotatable bonds is 2. The first kappa shape index (κ1) is 12.8. The number of phenols is 1. The van der Waals surface area contributed by atoms with Gasteiger partial charge in [0.05, 0.1) is 7.11 Å². The molecule has 1 heterocycles. The molecular formula is C13H16FNO3. The highest BCUT2D eigenvalue weighted by atomic mass is 19.1. The monoisotopic (exact) mass is 253 g/mol. The second kappa shape index (κ2) is 5.35. The summed E-state index contributed by atoms with van der Waals surface area (Å²) in [5.41, 5.74) is 0.637. The number of halogens is 1. The van der Waals surface area contributed by atoms with Gasteiger partial charge in [-0.15, -0.1) is 0 Å². The van der Waals surface area contributed by atoms with Gasteiger partial charge in [0.15, 0.2) is 11.6 Å². The van der Waals surface area contributed by atoms with Crippen LogP contribution in [0.4, 0.5) is 4.39 Å². The minimum absolute atomic E-state index is 0.106. The van der Waals surface area contributed by atoms with Crippen molar-refractivity contribution in [2.75, 3.05) is 20.2 Å². The second-order valence-electron chi connectivity index (χ2n) is 4.41. The highest BCUT2D eigenvalue weighted by Crippen LogP contribution is 2.31. The van der Waals surface area contributed by atoms with E-state index in [1.54, 1.807) is 0 Å². The third-order valence-electron chi connectivity index (χ3n) is 3.30. The zero-order valence-corrected chi connectivity index (χ0v) is 10.2. The minimum atomic E-state index is -0.772. The summed E-state index contributed by atoms with van der Waals surface area (Å²) in [6.45, 7) is 1.75. The number of hydrogen-bond acceptors (Lipinski definition) is 4. The van der Waals surface area contributed by atoms with E-state index in [0.29, 0.717) is 0 Å². The minimum Gasteiger partial charge on any atom is -0.504 e. The lowest BCUT2D eigenvalue weighted by Crippen LogP contribution is -2.26. The Morgan fingerprint density at radius 3 is 2.72 bits per heavy atom. The molecule has 0 unspecified atom stereocenters. The number of methoxy groups -OCH3 is 1. The van der Waals surface area contributed by atoms with Crippen molar-refractivity contribution in [1.82, 2.24) is 5.32 Å². The Bertz CT molecular complexity index is 456. The van der Waals surface area contributed by atoms with Crippen molar-refractivity contribution < 1.29 is 19.0 Å². The van der Waals surface area contributed by atoms with Crippen LogP contribution in [0.1, 0.15) is 34.7 Å². The van der Waals surface area contributed by atoms with Crippen LogP contribution in [0.2, 0.25) is 0 Å². The lowest BCUT2D eigenvalue weighted by Gasteiger charge is -2.23. The summed E-state index contributed by atoms with van der Waals surface area (Å²) in [5, 5.41) is 12.8. The number of benzene rings is 1. The van der Waals surface area contributed by atoms with Crippen LogP contribution in [0, 0.1) is 5.82 Å². The van der Waals surface area contributed by atoms with Crippen molar-refractivity contribution in [2.45, 2.75) is 18.8 Å². The molecule has 18 heavy (non-hydrogen) atoms. The van der Waals surface area contributed by atoms with Gasteiger partial charge in [0.25, 0.3) is 0 Å². The van der Waals surface area contributed by atoms with Crippen LogP contribution in [0.5, 0.6) is 5.75 Å². The zero-order valence-electron chi connectivity index (χ0n) is 10.2. The van der Waals surface area contributed by atoms with E-state index in [0.717, 1.165) is 31.5 Å². The number of phenolic OH excluding ortho intramolecular Hbond substituents is 1. The van der Waals surface area contributed by atoms with Gasteiger partial charge in [-0.1, -0.05) is 0 Å². The van der Waals surface area contributed by atoms with Crippen LogP contribution in [-0.4, -0.2) is 31.3 Å². The average Bonchev–Trinajstić information content (AvgIpc) is 2.41. The first-order valence-corrected chi connectivity index (χ1v) is 5.95. The molecule has 5 heteroatoms. The Labute approximate surface area is 105 Å². The summed E-state index contributed by atoms with van der Waals surface area (Å²) < 4.78 is 18.2. The smallest absolute Gasteiger partial charge is 0.341 e. The van der Waals surface area contributed by atoms with Crippen molar-refractivity contribution in [3.05, 3.63) is 29.1 Å². The van der Waals surface area contributed by atoms with Gasteiger partial charge in [0.1, 0.15) is 5.56 Å². The van der Waals surface area contributed by atoms with Crippen LogP contribution in [-0.2, 0) is 4.74 Å². The molecule has 0 aliphatic carbocycles. The molecule has 1 saturated heterocycles. The summed E-state index contributed by atoms with van der Waals surface area (Å²) in [5.74, 6) is -1.92. The predicted octanol–water partition coefficient (Wildman–Crippen LogP) is 1.78. The molecule has 1 aliphatic heterocycles. The van der Waals surface area contributed by atoms with Crippen molar-refractivity contribution in [3.63, 3.8) is 0 Å². The molecule has 0 saturated carbocycles. The van der Waals surface area contributed by atoms with E-state index in [1.165, 1.54) is 19.2 Å². The normalized spacial score (nSPS) is 16.6. The molecule has 2 rings (SSSR count). The Morgan fingerprint density at radius 1 is 1.44 bits per heavy atom. The van der Waals surface area contributed by atoms with Gasteiger partial charge in [0, 0.05) is 0 Å². The van der Waals surface area contributed by atoms with Crippen LogP contribution < -0.4 is 5.32 Å². The Hall–Kier alpha value is -1.62. The maximum Gasteiger partial charge on any atom is 0.341 e. The van der Waals surface area contributed by atoms with E-state index in [1.807, 2.05) is 0 Å². The fourth-order valence-electron chi connectivity index (χ4n) is 2.28. The van der Waals surface area contributed by atoms with Crippen LogP contribution in [0.25, 0.3) is 0 Å². The molecule has 4 nitrogen and oxygen atoms in total. The number of piperidine rings is 1.